The van der Waals surface area contributed by atoms with Crippen LogP contribution < -0.4 is 0 Å². The Morgan fingerprint density at radius 2 is 1.88 bits per heavy atom. The first-order chi connectivity index (χ1) is 7.65. The Labute approximate surface area is 98.4 Å². The van der Waals surface area contributed by atoms with Gasteiger partial charge in [-0.15, -0.1) is 11.6 Å². The van der Waals surface area contributed by atoms with Gasteiger partial charge in [0.25, 0.3) is 0 Å². The molecule has 1 aromatic rings. The quantitative estimate of drug-likeness (QED) is 0.422. The predicted molar refractivity (Wildman–Crippen MR) is 59.9 cm³/mol. The number of carbonyl (C=O) groups is 1. The van der Waals surface area contributed by atoms with E-state index in [-0.39, 0.29) is 11.3 Å². The molecular weight excluding hydrogens is 234 g/mol. The summed E-state index contributed by atoms with van der Waals surface area (Å²) in [5.74, 6) is -1.49. The van der Waals surface area contributed by atoms with E-state index in [1.165, 1.54) is 6.07 Å². The molecule has 0 fully saturated rings. The molecule has 0 atom stereocenters. The number of halogens is 3. The molecule has 88 valence electrons. The fourth-order valence-corrected chi connectivity index (χ4v) is 1.56. The van der Waals surface area contributed by atoms with Gasteiger partial charge in [-0.25, -0.2) is 8.78 Å². The second-order valence-electron chi connectivity index (χ2n) is 3.55. The highest BCUT2D eigenvalue weighted by molar-refractivity contribution is 6.17. The monoisotopic (exact) mass is 246 g/mol. The van der Waals surface area contributed by atoms with Crippen molar-refractivity contribution in [1.29, 1.82) is 0 Å². The van der Waals surface area contributed by atoms with Gasteiger partial charge in [-0.1, -0.05) is 6.42 Å². The van der Waals surface area contributed by atoms with Crippen molar-refractivity contribution in [2.75, 3.05) is 5.88 Å². The largest absolute Gasteiger partial charge is 0.294 e. The first-order valence-electron chi connectivity index (χ1n) is 5.19. The van der Waals surface area contributed by atoms with Crippen LogP contribution in [0, 0.1) is 11.6 Å². The van der Waals surface area contributed by atoms with Crippen molar-refractivity contribution in [3.8, 4) is 0 Å². The van der Waals surface area contributed by atoms with Gasteiger partial charge in [-0.2, -0.15) is 0 Å². The molecule has 0 aliphatic carbocycles. The molecule has 0 amide bonds. The van der Waals surface area contributed by atoms with E-state index in [1.54, 1.807) is 0 Å². The summed E-state index contributed by atoms with van der Waals surface area (Å²) in [5.41, 5.74) is 0.227. The molecule has 0 aromatic heterocycles. The average molecular weight is 247 g/mol. The van der Waals surface area contributed by atoms with Gasteiger partial charge in [0, 0.05) is 17.9 Å². The third-order valence-corrected chi connectivity index (χ3v) is 2.55. The molecule has 1 aromatic carbocycles. The molecule has 0 aliphatic heterocycles. The zero-order valence-electron chi connectivity index (χ0n) is 8.81. The summed E-state index contributed by atoms with van der Waals surface area (Å²) in [5, 5.41) is 0. The van der Waals surface area contributed by atoms with E-state index in [4.69, 9.17) is 11.6 Å². The van der Waals surface area contributed by atoms with Crippen LogP contribution in [0.3, 0.4) is 0 Å². The van der Waals surface area contributed by atoms with Crippen molar-refractivity contribution in [2.24, 2.45) is 0 Å². The van der Waals surface area contributed by atoms with Crippen LogP contribution in [0.2, 0.25) is 0 Å². The van der Waals surface area contributed by atoms with Gasteiger partial charge in [-0.05, 0) is 31.0 Å². The molecule has 0 radical (unpaired) electrons. The van der Waals surface area contributed by atoms with Crippen LogP contribution in [0.4, 0.5) is 8.78 Å². The normalized spacial score (nSPS) is 10.4. The highest BCUT2D eigenvalue weighted by Crippen LogP contribution is 2.12. The van der Waals surface area contributed by atoms with Crippen LogP contribution in [-0.4, -0.2) is 11.7 Å². The highest BCUT2D eigenvalue weighted by atomic mass is 35.5. The van der Waals surface area contributed by atoms with E-state index in [0.29, 0.717) is 12.3 Å². The topological polar surface area (TPSA) is 17.1 Å². The van der Waals surface area contributed by atoms with E-state index in [9.17, 15) is 13.6 Å². The lowest BCUT2D eigenvalue weighted by atomic mass is 10.0. The molecule has 0 saturated heterocycles. The molecule has 0 saturated carbocycles. The van der Waals surface area contributed by atoms with E-state index >= 15 is 0 Å². The molecule has 4 heteroatoms. The van der Waals surface area contributed by atoms with Crippen LogP contribution in [0.5, 0.6) is 0 Å². The summed E-state index contributed by atoms with van der Waals surface area (Å²) in [4.78, 5) is 11.5. The fourth-order valence-electron chi connectivity index (χ4n) is 1.37. The van der Waals surface area contributed by atoms with Crippen LogP contribution in [0.15, 0.2) is 18.2 Å². The summed E-state index contributed by atoms with van der Waals surface area (Å²) in [6.45, 7) is 0. The molecular formula is C12H13ClF2O. The van der Waals surface area contributed by atoms with Crippen LogP contribution in [-0.2, 0) is 0 Å². The number of hydrogen-bond donors (Lipinski definition) is 0. The minimum absolute atomic E-state index is 0.159. The molecule has 1 nitrogen and oxygen atoms in total. The Bertz CT molecular complexity index is 366. The maximum Gasteiger partial charge on any atom is 0.162 e. The Kier molecular flexibility index (Phi) is 5.39. The second kappa shape index (κ2) is 6.59. The summed E-state index contributed by atoms with van der Waals surface area (Å²) in [6.07, 6.45) is 2.82. The first kappa shape index (κ1) is 13.1. The second-order valence-corrected chi connectivity index (χ2v) is 3.93. The van der Waals surface area contributed by atoms with E-state index in [1.807, 2.05) is 0 Å². The van der Waals surface area contributed by atoms with Crippen molar-refractivity contribution >= 4 is 17.4 Å². The maximum atomic E-state index is 12.8. The lowest BCUT2D eigenvalue weighted by Crippen LogP contribution is -2.00. The summed E-state index contributed by atoms with van der Waals surface area (Å²) in [7, 11) is 0. The number of benzene rings is 1. The van der Waals surface area contributed by atoms with Gasteiger partial charge in [-0.3, -0.25) is 4.79 Å². The van der Waals surface area contributed by atoms with Crippen molar-refractivity contribution in [3.05, 3.63) is 35.4 Å². The zero-order valence-corrected chi connectivity index (χ0v) is 9.57. The molecule has 0 heterocycles. The Morgan fingerprint density at radius 1 is 1.12 bits per heavy atom. The Balaban J connectivity index is 2.50. The Hall–Kier alpha value is -0.960. The Morgan fingerprint density at radius 3 is 2.50 bits per heavy atom. The van der Waals surface area contributed by atoms with Crippen molar-refractivity contribution in [2.45, 2.75) is 25.7 Å². The number of ketones is 1. The zero-order chi connectivity index (χ0) is 12.0. The first-order valence-corrected chi connectivity index (χ1v) is 5.73. The summed E-state index contributed by atoms with van der Waals surface area (Å²) < 4.78 is 25.5. The number of alkyl halides is 1. The van der Waals surface area contributed by atoms with Gasteiger partial charge >= 0.3 is 0 Å². The number of unbranched alkanes of at least 4 members (excludes halogenated alkanes) is 2. The van der Waals surface area contributed by atoms with Crippen molar-refractivity contribution in [3.63, 3.8) is 0 Å². The molecule has 0 spiro atoms. The van der Waals surface area contributed by atoms with Crippen molar-refractivity contribution < 1.29 is 13.6 Å². The van der Waals surface area contributed by atoms with Gasteiger partial charge in [0.15, 0.2) is 17.4 Å². The fraction of sp³-hybridized carbons (Fsp3) is 0.417. The third kappa shape index (κ3) is 3.89. The minimum atomic E-state index is -0.980. The van der Waals surface area contributed by atoms with Gasteiger partial charge in [0.05, 0.1) is 0 Å². The number of hydrogen-bond acceptors (Lipinski definition) is 1. The standard InChI is InChI=1S/C12H13ClF2O/c13-7-3-1-2-4-12(16)9-5-6-10(14)11(15)8-9/h5-6,8H,1-4,7H2. The minimum Gasteiger partial charge on any atom is -0.294 e. The molecule has 0 unspecified atom stereocenters. The molecule has 0 N–H and O–H groups in total. The summed E-state index contributed by atoms with van der Waals surface area (Å²) in [6, 6.07) is 3.23. The smallest absolute Gasteiger partial charge is 0.162 e. The number of Topliss-reactive ketones (excluding diaryl/α,β-unsaturated/α-hetero) is 1. The van der Waals surface area contributed by atoms with Gasteiger partial charge in [0.1, 0.15) is 0 Å². The van der Waals surface area contributed by atoms with E-state index in [0.717, 1.165) is 31.4 Å². The highest BCUT2D eigenvalue weighted by Gasteiger charge is 2.09. The van der Waals surface area contributed by atoms with Crippen molar-refractivity contribution in [1.82, 2.24) is 0 Å². The predicted octanol–water partition coefficient (Wildman–Crippen LogP) is 3.95. The molecule has 0 bridgehead atoms. The summed E-state index contributed by atoms with van der Waals surface area (Å²) >= 11 is 5.50. The van der Waals surface area contributed by atoms with E-state index < -0.39 is 11.6 Å². The maximum absolute atomic E-state index is 12.8. The lowest BCUT2D eigenvalue weighted by Gasteiger charge is -2.01. The van der Waals surface area contributed by atoms with Gasteiger partial charge < -0.3 is 0 Å². The average Bonchev–Trinajstić information content (AvgIpc) is 2.28. The number of rotatable bonds is 6. The third-order valence-electron chi connectivity index (χ3n) is 2.28. The van der Waals surface area contributed by atoms with Crippen LogP contribution in [0.25, 0.3) is 0 Å². The molecule has 16 heavy (non-hydrogen) atoms. The van der Waals surface area contributed by atoms with Gasteiger partial charge in [0.2, 0.25) is 0 Å². The molecule has 1 rings (SSSR count). The van der Waals surface area contributed by atoms with E-state index in [2.05, 4.69) is 0 Å². The van der Waals surface area contributed by atoms with Crippen LogP contribution >= 0.6 is 11.6 Å². The van der Waals surface area contributed by atoms with Crippen LogP contribution in [0.1, 0.15) is 36.0 Å². The SMILES string of the molecule is O=C(CCCCCCl)c1ccc(F)c(F)c1. The number of carbonyl (C=O) groups excluding carboxylic acids is 1. The lowest BCUT2D eigenvalue weighted by molar-refractivity contribution is 0.0979. The molecule has 0 aliphatic rings.